The second-order valence-corrected chi connectivity index (χ2v) is 5.76. The Hall–Kier alpha value is -1.39. The fourth-order valence-corrected chi connectivity index (χ4v) is 2.88. The van der Waals surface area contributed by atoms with E-state index in [0.717, 1.165) is 33.6 Å². The predicted molar refractivity (Wildman–Crippen MR) is 85.0 cm³/mol. The van der Waals surface area contributed by atoms with Gasteiger partial charge in [-0.05, 0) is 65.5 Å². The smallest absolute Gasteiger partial charge is 0.133 e. The molecule has 1 aromatic carbocycles. The van der Waals surface area contributed by atoms with E-state index in [-0.39, 0.29) is 6.04 Å². The summed E-state index contributed by atoms with van der Waals surface area (Å²) in [5.41, 5.74) is 10.6. The molecule has 0 fully saturated rings. The molecule has 0 saturated carbocycles. The van der Waals surface area contributed by atoms with E-state index >= 15 is 0 Å². The number of benzene rings is 1. The van der Waals surface area contributed by atoms with E-state index in [1.807, 2.05) is 32.0 Å². The minimum Gasteiger partial charge on any atom is -0.496 e. The lowest BCUT2D eigenvalue weighted by Crippen LogP contribution is -2.15. The van der Waals surface area contributed by atoms with Crippen LogP contribution < -0.4 is 10.5 Å². The van der Waals surface area contributed by atoms with Crippen molar-refractivity contribution in [3.8, 4) is 5.75 Å². The molecule has 0 amide bonds. The number of nitrogens with zero attached hydrogens (tertiary/aromatic N) is 1. The number of rotatable bonds is 4. The molecule has 0 spiro atoms. The first-order chi connectivity index (χ1) is 9.51. The zero-order chi connectivity index (χ0) is 14.7. The lowest BCUT2D eigenvalue weighted by molar-refractivity contribution is 0.412. The van der Waals surface area contributed by atoms with Crippen molar-refractivity contribution in [3.05, 3.63) is 57.3 Å². The first kappa shape index (κ1) is 15.0. The number of hydrogen-bond donors (Lipinski definition) is 1. The zero-order valence-corrected chi connectivity index (χ0v) is 13.6. The fourth-order valence-electron chi connectivity index (χ4n) is 2.29. The molecule has 3 nitrogen and oxygen atoms in total. The predicted octanol–water partition coefficient (Wildman–Crippen LogP) is 3.71. The minimum absolute atomic E-state index is 0.0524. The summed E-state index contributed by atoms with van der Waals surface area (Å²) in [7, 11) is 1.66. The lowest BCUT2D eigenvalue weighted by Gasteiger charge is -2.15. The van der Waals surface area contributed by atoms with Gasteiger partial charge in [0.05, 0.1) is 11.6 Å². The van der Waals surface area contributed by atoms with Crippen LogP contribution in [0.3, 0.4) is 0 Å². The quantitative estimate of drug-likeness (QED) is 0.927. The Bertz CT molecular complexity index is 613. The van der Waals surface area contributed by atoms with Crippen LogP contribution in [0.1, 0.15) is 28.6 Å². The zero-order valence-electron chi connectivity index (χ0n) is 12.0. The molecule has 2 rings (SSSR count). The first-order valence-corrected chi connectivity index (χ1v) is 7.32. The molecule has 2 N–H and O–H groups in total. The summed E-state index contributed by atoms with van der Waals surface area (Å²) < 4.78 is 6.18. The molecule has 1 heterocycles. The summed E-state index contributed by atoms with van der Waals surface area (Å²) in [6, 6.07) is 10.1. The molecule has 20 heavy (non-hydrogen) atoms. The Labute approximate surface area is 128 Å². The maximum Gasteiger partial charge on any atom is 0.133 e. The van der Waals surface area contributed by atoms with Crippen LogP contribution in [0.5, 0.6) is 5.75 Å². The first-order valence-electron chi connectivity index (χ1n) is 6.53. The summed E-state index contributed by atoms with van der Waals surface area (Å²) in [6.45, 7) is 4.00. The third kappa shape index (κ3) is 3.38. The highest BCUT2D eigenvalue weighted by Crippen LogP contribution is 2.27. The van der Waals surface area contributed by atoms with Crippen molar-refractivity contribution in [2.45, 2.75) is 26.3 Å². The van der Waals surface area contributed by atoms with E-state index in [0.29, 0.717) is 0 Å². The molecule has 0 saturated heterocycles. The van der Waals surface area contributed by atoms with Crippen LogP contribution in [0.2, 0.25) is 0 Å². The van der Waals surface area contributed by atoms with Crippen molar-refractivity contribution in [1.29, 1.82) is 0 Å². The van der Waals surface area contributed by atoms with Gasteiger partial charge < -0.3 is 10.5 Å². The molecular weight excluding hydrogens is 316 g/mol. The monoisotopic (exact) mass is 334 g/mol. The van der Waals surface area contributed by atoms with Crippen molar-refractivity contribution in [2.24, 2.45) is 5.73 Å². The SMILES string of the molecule is COc1ccc(CC(N)c2ccc(C)nc2C)cc1Br. The maximum absolute atomic E-state index is 6.31. The Balaban J connectivity index is 2.18. The van der Waals surface area contributed by atoms with Gasteiger partial charge in [0.15, 0.2) is 0 Å². The van der Waals surface area contributed by atoms with Gasteiger partial charge in [0.25, 0.3) is 0 Å². The number of aryl methyl sites for hydroxylation is 2. The molecular formula is C16H19BrN2O. The molecule has 0 aliphatic heterocycles. The van der Waals surface area contributed by atoms with Crippen molar-refractivity contribution in [2.75, 3.05) is 7.11 Å². The van der Waals surface area contributed by atoms with Crippen LogP contribution in [0.15, 0.2) is 34.8 Å². The molecule has 0 aliphatic rings. The van der Waals surface area contributed by atoms with E-state index in [1.54, 1.807) is 7.11 Å². The van der Waals surface area contributed by atoms with Gasteiger partial charge in [-0.2, -0.15) is 0 Å². The van der Waals surface area contributed by atoms with Crippen molar-refractivity contribution in [3.63, 3.8) is 0 Å². The highest BCUT2D eigenvalue weighted by atomic mass is 79.9. The standard InChI is InChI=1S/C16H19BrN2O/c1-10-4-6-13(11(2)19-10)15(18)9-12-5-7-16(20-3)14(17)8-12/h4-8,15H,9,18H2,1-3H3. The minimum atomic E-state index is -0.0524. The number of halogens is 1. The molecule has 4 heteroatoms. The molecule has 1 unspecified atom stereocenters. The highest BCUT2D eigenvalue weighted by molar-refractivity contribution is 9.10. The van der Waals surface area contributed by atoms with E-state index < -0.39 is 0 Å². The summed E-state index contributed by atoms with van der Waals surface area (Å²) in [5, 5.41) is 0. The molecule has 0 bridgehead atoms. The number of aromatic nitrogens is 1. The van der Waals surface area contributed by atoms with Gasteiger partial charge in [-0.1, -0.05) is 12.1 Å². The summed E-state index contributed by atoms with van der Waals surface area (Å²) in [6.07, 6.45) is 0.772. The Morgan fingerprint density at radius 3 is 2.60 bits per heavy atom. The second kappa shape index (κ2) is 6.37. The number of hydrogen-bond acceptors (Lipinski definition) is 3. The van der Waals surface area contributed by atoms with Gasteiger partial charge in [0.2, 0.25) is 0 Å². The number of methoxy groups -OCH3 is 1. The van der Waals surface area contributed by atoms with Gasteiger partial charge in [-0.15, -0.1) is 0 Å². The lowest BCUT2D eigenvalue weighted by atomic mass is 9.98. The summed E-state index contributed by atoms with van der Waals surface area (Å²) in [4.78, 5) is 4.47. The maximum atomic E-state index is 6.31. The second-order valence-electron chi connectivity index (χ2n) is 4.91. The van der Waals surface area contributed by atoms with E-state index in [1.165, 1.54) is 5.56 Å². The molecule has 2 aromatic rings. The largest absolute Gasteiger partial charge is 0.496 e. The van der Waals surface area contributed by atoms with Crippen LogP contribution in [0, 0.1) is 13.8 Å². The number of ether oxygens (including phenoxy) is 1. The Morgan fingerprint density at radius 2 is 2.00 bits per heavy atom. The Kier molecular flexibility index (Phi) is 4.78. The summed E-state index contributed by atoms with van der Waals surface area (Å²) >= 11 is 3.50. The number of pyridine rings is 1. The van der Waals surface area contributed by atoms with Gasteiger partial charge in [0.1, 0.15) is 5.75 Å². The molecule has 1 atom stereocenters. The van der Waals surface area contributed by atoms with Crippen LogP contribution in [-0.2, 0) is 6.42 Å². The number of nitrogens with two attached hydrogens (primary N) is 1. The van der Waals surface area contributed by atoms with Gasteiger partial charge in [-0.25, -0.2) is 0 Å². The van der Waals surface area contributed by atoms with Gasteiger partial charge in [-0.3, -0.25) is 4.98 Å². The van der Waals surface area contributed by atoms with Crippen molar-refractivity contribution >= 4 is 15.9 Å². The van der Waals surface area contributed by atoms with Gasteiger partial charge in [0, 0.05) is 17.4 Å². The van der Waals surface area contributed by atoms with E-state index in [4.69, 9.17) is 10.5 Å². The van der Waals surface area contributed by atoms with Crippen molar-refractivity contribution in [1.82, 2.24) is 4.98 Å². The van der Waals surface area contributed by atoms with E-state index in [9.17, 15) is 0 Å². The molecule has 106 valence electrons. The normalized spacial score (nSPS) is 12.2. The topological polar surface area (TPSA) is 48.1 Å². The van der Waals surface area contributed by atoms with Crippen LogP contribution in [0.4, 0.5) is 0 Å². The molecule has 0 aliphatic carbocycles. The van der Waals surface area contributed by atoms with Gasteiger partial charge >= 0.3 is 0 Å². The van der Waals surface area contributed by atoms with E-state index in [2.05, 4.69) is 33.0 Å². The van der Waals surface area contributed by atoms with Crippen LogP contribution >= 0.6 is 15.9 Å². The fraction of sp³-hybridized carbons (Fsp3) is 0.312. The van der Waals surface area contributed by atoms with Crippen molar-refractivity contribution < 1.29 is 4.74 Å². The average Bonchev–Trinajstić information content (AvgIpc) is 2.38. The van der Waals surface area contributed by atoms with Crippen LogP contribution in [-0.4, -0.2) is 12.1 Å². The third-order valence-corrected chi connectivity index (χ3v) is 3.96. The molecule has 0 radical (unpaired) electrons. The summed E-state index contributed by atoms with van der Waals surface area (Å²) in [5.74, 6) is 0.829. The third-order valence-electron chi connectivity index (χ3n) is 3.34. The highest BCUT2D eigenvalue weighted by Gasteiger charge is 2.12. The molecule has 1 aromatic heterocycles. The average molecular weight is 335 g/mol. The van der Waals surface area contributed by atoms with Crippen LogP contribution in [0.25, 0.3) is 0 Å². The Morgan fingerprint density at radius 1 is 1.25 bits per heavy atom.